The fourth-order valence-corrected chi connectivity index (χ4v) is 5.97. The van der Waals surface area contributed by atoms with Gasteiger partial charge in [0, 0.05) is 20.4 Å². The fourth-order valence-electron chi connectivity index (χ4n) is 3.09. The number of nitrogens with zero attached hydrogens (tertiary/aromatic N) is 1. The predicted molar refractivity (Wildman–Crippen MR) is 107 cm³/mol. The van der Waals surface area contributed by atoms with E-state index in [1.165, 1.54) is 4.88 Å². The van der Waals surface area contributed by atoms with E-state index in [0.29, 0.717) is 16.1 Å². The molecule has 8 heteroatoms. The van der Waals surface area contributed by atoms with Crippen molar-refractivity contribution < 1.29 is 9.90 Å². The molecule has 0 saturated carbocycles. The van der Waals surface area contributed by atoms with Gasteiger partial charge in [0.15, 0.2) is 0 Å². The number of aromatic nitrogens is 2. The molecule has 0 atom stereocenters. The van der Waals surface area contributed by atoms with E-state index >= 15 is 0 Å². The van der Waals surface area contributed by atoms with Gasteiger partial charge in [-0.2, -0.15) is 0 Å². The number of aromatic amines is 1. The van der Waals surface area contributed by atoms with Gasteiger partial charge in [-0.1, -0.05) is 0 Å². The molecule has 0 saturated heterocycles. The molecule has 1 aliphatic carbocycles. The molecule has 0 bridgehead atoms. The molecular weight excluding hydrogens is 388 g/mol. The lowest BCUT2D eigenvalue weighted by Crippen LogP contribution is -2.24. The summed E-state index contributed by atoms with van der Waals surface area (Å²) in [5, 5.41) is 11.6. The quantitative estimate of drug-likeness (QED) is 0.708. The summed E-state index contributed by atoms with van der Waals surface area (Å²) in [7, 11) is 0. The van der Waals surface area contributed by atoms with Crippen LogP contribution < -0.4 is 10.7 Å². The van der Waals surface area contributed by atoms with Crippen molar-refractivity contribution in [2.45, 2.75) is 26.2 Å². The third kappa shape index (κ3) is 3.36. The van der Waals surface area contributed by atoms with Crippen molar-refractivity contribution in [1.82, 2.24) is 9.97 Å². The van der Waals surface area contributed by atoms with Gasteiger partial charge in [0.1, 0.15) is 10.7 Å². The van der Waals surface area contributed by atoms with Crippen LogP contribution in [0, 0.1) is 6.92 Å². The van der Waals surface area contributed by atoms with Crippen LogP contribution in [0.3, 0.4) is 0 Å². The van der Waals surface area contributed by atoms with Crippen molar-refractivity contribution >= 4 is 61.6 Å². The van der Waals surface area contributed by atoms with Crippen LogP contribution in [0.2, 0.25) is 0 Å². The largest absolute Gasteiger partial charge is 0.549 e. The minimum absolute atomic E-state index is 0.147. The minimum atomic E-state index is -1.15. The van der Waals surface area contributed by atoms with Gasteiger partial charge in [0.05, 0.1) is 16.3 Å². The average molecular weight is 404 g/mol. The number of carbonyl (C=O) groups is 1. The van der Waals surface area contributed by atoms with Crippen molar-refractivity contribution in [3.63, 3.8) is 0 Å². The van der Waals surface area contributed by atoms with Gasteiger partial charge < -0.3 is 14.9 Å². The molecule has 0 amide bonds. The molecule has 134 valence electrons. The zero-order chi connectivity index (χ0) is 18.3. The SMILES string of the molecule is Cc1ccc(/C=C(\SCC(=O)[O-])c2nc3sc4c(c3c(=O)[nH]2)CCC4)s1. The molecule has 0 aromatic carbocycles. The van der Waals surface area contributed by atoms with Crippen molar-refractivity contribution in [2.75, 3.05) is 5.75 Å². The monoisotopic (exact) mass is 403 g/mol. The number of thiophene rings is 2. The highest BCUT2D eigenvalue weighted by molar-refractivity contribution is 8.09. The molecule has 26 heavy (non-hydrogen) atoms. The van der Waals surface area contributed by atoms with Crippen LogP contribution >= 0.6 is 34.4 Å². The van der Waals surface area contributed by atoms with E-state index in [1.54, 1.807) is 22.7 Å². The number of carbonyl (C=O) groups excluding carboxylic acids is 1. The number of hydrogen-bond acceptors (Lipinski definition) is 7. The number of thioether (sulfide) groups is 1. The summed E-state index contributed by atoms with van der Waals surface area (Å²) in [6, 6.07) is 3.97. The van der Waals surface area contributed by atoms with E-state index < -0.39 is 5.97 Å². The first-order valence-corrected chi connectivity index (χ1v) is 10.8. The third-order valence-corrected chi connectivity index (χ3v) is 7.32. The number of nitrogens with one attached hydrogen (secondary N) is 1. The van der Waals surface area contributed by atoms with Gasteiger partial charge in [0.2, 0.25) is 0 Å². The number of fused-ring (bicyclic) bond motifs is 3. The standard InChI is InChI=1S/C18H16N2O3S3/c1-9-5-6-10(25-9)7-13(24-8-14(21)22)16-19-17(23)15-11-3-2-4-12(11)26-18(15)20-16/h5-7H,2-4,8H2,1H3,(H,21,22)(H,19,20,23)/p-1/b13-7-. The molecular formula is C18H15N2O3S3-. The predicted octanol–water partition coefficient (Wildman–Crippen LogP) is 2.82. The second kappa shape index (κ2) is 7.02. The van der Waals surface area contributed by atoms with E-state index in [0.717, 1.165) is 51.2 Å². The van der Waals surface area contributed by atoms with Gasteiger partial charge in [-0.05, 0) is 50.0 Å². The molecule has 5 nitrogen and oxygen atoms in total. The molecule has 1 aliphatic rings. The Balaban J connectivity index is 1.81. The van der Waals surface area contributed by atoms with Gasteiger partial charge in [-0.25, -0.2) is 4.98 Å². The van der Waals surface area contributed by atoms with E-state index in [2.05, 4.69) is 9.97 Å². The molecule has 3 heterocycles. The van der Waals surface area contributed by atoms with Gasteiger partial charge >= 0.3 is 0 Å². The molecule has 3 aromatic rings. The average Bonchev–Trinajstić information content (AvgIpc) is 3.26. The van der Waals surface area contributed by atoms with E-state index in [9.17, 15) is 14.7 Å². The Kier molecular flexibility index (Phi) is 4.73. The van der Waals surface area contributed by atoms with E-state index in [1.807, 2.05) is 25.1 Å². The Morgan fingerprint density at radius 3 is 2.96 bits per heavy atom. The summed E-state index contributed by atoms with van der Waals surface area (Å²) < 4.78 is 0. The molecule has 0 aliphatic heterocycles. The summed E-state index contributed by atoms with van der Waals surface area (Å²) in [5.74, 6) is -0.930. The number of aryl methyl sites for hydroxylation is 3. The van der Waals surface area contributed by atoms with Crippen LogP contribution in [0.1, 0.15) is 32.4 Å². The lowest BCUT2D eigenvalue weighted by Gasteiger charge is -2.07. The van der Waals surface area contributed by atoms with Crippen molar-refractivity contribution in [3.05, 3.63) is 48.5 Å². The number of H-pyrrole nitrogens is 1. The lowest BCUT2D eigenvalue weighted by molar-refractivity contribution is -0.301. The first kappa shape index (κ1) is 17.5. The van der Waals surface area contributed by atoms with Crippen LogP contribution in [-0.2, 0) is 17.6 Å². The number of hydrogen-bond donors (Lipinski definition) is 1. The second-order valence-electron chi connectivity index (χ2n) is 6.07. The fraction of sp³-hybridized carbons (Fsp3) is 0.278. The first-order chi connectivity index (χ1) is 12.5. The number of carboxylic acid groups (broad SMARTS) is 1. The molecule has 3 aromatic heterocycles. The maximum absolute atomic E-state index is 12.7. The Hall–Kier alpha value is -1.90. The van der Waals surface area contributed by atoms with Crippen LogP contribution in [0.4, 0.5) is 0 Å². The zero-order valence-electron chi connectivity index (χ0n) is 14.0. The summed E-state index contributed by atoms with van der Waals surface area (Å²) in [6.07, 6.45) is 4.89. The first-order valence-electron chi connectivity index (χ1n) is 8.17. The Morgan fingerprint density at radius 2 is 2.23 bits per heavy atom. The normalized spacial score (nSPS) is 14.1. The summed E-state index contributed by atoms with van der Waals surface area (Å²) in [5.41, 5.74) is 0.985. The molecule has 0 radical (unpaired) electrons. The smallest absolute Gasteiger partial charge is 0.260 e. The topological polar surface area (TPSA) is 85.9 Å². The molecule has 0 spiro atoms. The summed E-state index contributed by atoms with van der Waals surface area (Å²) in [6.45, 7) is 2.01. The lowest BCUT2D eigenvalue weighted by atomic mass is 10.2. The van der Waals surface area contributed by atoms with E-state index in [4.69, 9.17) is 0 Å². The number of aliphatic carboxylic acids is 1. The Labute approximate surface area is 161 Å². The molecule has 1 N–H and O–H groups in total. The van der Waals surface area contributed by atoms with Crippen LogP contribution in [-0.4, -0.2) is 21.7 Å². The Morgan fingerprint density at radius 1 is 1.38 bits per heavy atom. The highest BCUT2D eigenvalue weighted by Crippen LogP contribution is 2.36. The molecule has 0 unspecified atom stereocenters. The third-order valence-electron chi connectivity index (χ3n) is 4.19. The summed E-state index contributed by atoms with van der Waals surface area (Å²) >= 11 is 4.29. The molecule has 0 fully saturated rings. The maximum atomic E-state index is 12.7. The second-order valence-corrected chi connectivity index (χ2v) is 9.49. The van der Waals surface area contributed by atoms with Crippen molar-refractivity contribution in [2.24, 2.45) is 0 Å². The highest BCUT2D eigenvalue weighted by atomic mass is 32.2. The number of carboxylic acids is 1. The maximum Gasteiger partial charge on any atom is 0.260 e. The Bertz CT molecular complexity index is 1090. The van der Waals surface area contributed by atoms with Gasteiger partial charge in [-0.15, -0.1) is 34.4 Å². The number of rotatable bonds is 5. The van der Waals surface area contributed by atoms with Crippen molar-refractivity contribution in [3.8, 4) is 0 Å². The zero-order valence-corrected chi connectivity index (χ0v) is 16.4. The molecule has 4 rings (SSSR count). The van der Waals surface area contributed by atoms with Crippen LogP contribution in [0.25, 0.3) is 21.2 Å². The highest BCUT2D eigenvalue weighted by Gasteiger charge is 2.21. The van der Waals surface area contributed by atoms with Gasteiger partial charge in [0.25, 0.3) is 5.56 Å². The van der Waals surface area contributed by atoms with Crippen LogP contribution in [0.15, 0.2) is 16.9 Å². The minimum Gasteiger partial charge on any atom is -0.549 e. The summed E-state index contributed by atoms with van der Waals surface area (Å²) in [4.78, 5) is 35.8. The van der Waals surface area contributed by atoms with Gasteiger partial charge in [-0.3, -0.25) is 4.79 Å². The van der Waals surface area contributed by atoms with Crippen molar-refractivity contribution in [1.29, 1.82) is 0 Å². The van der Waals surface area contributed by atoms with Crippen LogP contribution in [0.5, 0.6) is 0 Å². The van der Waals surface area contributed by atoms with E-state index in [-0.39, 0.29) is 11.3 Å².